The Morgan fingerprint density at radius 2 is 0.621 bits per heavy atom. The van der Waals surface area contributed by atoms with Crippen LogP contribution in [0.1, 0.15) is 117 Å². The third-order valence-corrected chi connectivity index (χ3v) is 16.2. The minimum absolute atomic E-state index is 0.0761. The second kappa shape index (κ2) is 52.0. The predicted octanol–water partition coefficient (Wildman–Crippen LogP) is -8.79. The van der Waals surface area contributed by atoms with E-state index in [2.05, 4.69) is 58.0 Å². The molecule has 0 aromatic rings. The van der Waals surface area contributed by atoms with Crippen LogP contribution in [0.25, 0.3) is 0 Å². The van der Waals surface area contributed by atoms with Crippen molar-refractivity contribution >= 4 is 59.1 Å². The van der Waals surface area contributed by atoms with Crippen LogP contribution in [-0.2, 0) is 95.4 Å². The summed E-state index contributed by atoms with van der Waals surface area (Å²) in [4.78, 5) is 129. The summed E-state index contributed by atoms with van der Waals surface area (Å²) in [6.45, 7) is 1.40. The van der Waals surface area contributed by atoms with E-state index in [1.807, 2.05) is 0 Å². The maximum Gasteiger partial charge on any atom is 0.248 e. The van der Waals surface area contributed by atoms with Gasteiger partial charge in [-0.2, -0.15) is 0 Å². The SMILES string of the molecule is CC(=O)NC1C(O)[C@@H](O)C(CO)O[C@H]1OCCCCC(=O)NCCCNC(=O)CCOCC(COCCC(=O)NCCCNC(=O)CCCCO[C@@H]1OC(CO)[C@H](O)C(O)C1NC(C)=O)(COCCC(=O)NCCCNC(=O)CCCCO[C@@H]1OC(CO)[C@H](O)C(O)C1NC(C)=O)NC(=O)CON. The van der Waals surface area contributed by atoms with Gasteiger partial charge in [-0.1, -0.05) is 0 Å². The zero-order chi connectivity index (χ0) is 76.1. The summed E-state index contributed by atoms with van der Waals surface area (Å²) in [5.74, 6) is 1.04. The van der Waals surface area contributed by atoms with Gasteiger partial charge in [0.25, 0.3) is 0 Å². The topological polar surface area (TPSA) is 591 Å². The second-order valence-electron chi connectivity index (χ2n) is 25.0. The van der Waals surface area contributed by atoms with E-state index in [0.29, 0.717) is 57.8 Å². The molecule has 3 fully saturated rings. The molecule has 594 valence electrons. The van der Waals surface area contributed by atoms with Gasteiger partial charge in [0.2, 0.25) is 59.1 Å². The lowest BCUT2D eigenvalue weighted by Gasteiger charge is -2.42. The lowest BCUT2D eigenvalue weighted by molar-refractivity contribution is -0.270. The first kappa shape index (κ1) is 91.1. The number of carbonyl (C=O) groups is 10. The molecule has 0 aliphatic carbocycles. The van der Waals surface area contributed by atoms with Crippen LogP contribution in [0, 0.1) is 0 Å². The van der Waals surface area contributed by atoms with E-state index in [1.165, 1.54) is 20.8 Å². The van der Waals surface area contributed by atoms with Crippen LogP contribution in [0.5, 0.6) is 0 Å². The normalized spacial score (nSPS) is 25.2. The molecule has 0 spiro atoms. The Morgan fingerprint density at radius 1 is 0.359 bits per heavy atom. The van der Waals surface area contributed by atoms with Gasteiger partial charge < -0.3 is 142 Å². The molecule has 3 saturated heterocycles. The Hall–Kier alpha value is -6.10. The van der Waals surface area contributed by atoms with Crippen LogP contribution in [0.15, 0.2) is 0 Å². The molecule has 10 amide bonds. The molecule has 40 heteroatoms. The number of hydrogen-bond acceptors (Lipinski definition) is 30. The van der Waals surface area contributed by atoms with Crippen LogP contribution in [0.3, 0.4) is 0 Å². The number of aliphatic hydroxyl groups is 9. The summed E-state index contributed by atoms with van der Waals surface area (Å²) >= 11 is 0. The first-order valence-corrected chi connectivity index (χ1v) is 34.8. The molecular weight excluding hydrogens is 1370 g/mol. The summed E-state index contributed by atoms with van der Waals surface area (Å²) in [5, 5.41) is 117. The highest BCUT2D eigenvalue weighted by molar-refractivity contribution is 5.79. The number of nitrogens with two attached hydrogens (primary N) is 1. The molecule has 0 aromatic heterocycles. The van der Waals surface area contributed by atoms with E-state index in [4.69, 9.17) is 48.5 Å². The molecule has 103 heavy (non-hydrogen) atoms. The molecule has 3 aliphatic heterocycles. The van der Waals surface area contributed by atoms with Crippen LogP contribution < -0.4 is 59.1 Å². The highest BCUT2D eigenvalue weighted by Crippen LogP contribution is 2.26. The molecule has 40 nitrogen and oxygen atoms in total. The summed E-state index contributed by atoms with van der Waals surface area (Å²) in [6.07, 6.45) is -12.1. The molecule has 21 N–H and O–H groups in total. The van der Waals surface area contributed by atoms with Crippen molar-refractivity contribution in [1.82, 2.24) is 53.2 Å². The quantitative estimate of drug-likeness (QED) is 0.0199. The lowest BCUT2D eigenvalue weighted by atomic mass is 9.97. The van der Waals surface area contributed by atoms with Gasteiger partial charge in [0.15, 0.2) is 18.9 Å². The number of unbranched alkanes of at least 4 members (excludes halogenated alkanes) is 3. The van der Waals surface area contributed by atoms with Gasteiger partial charge in [-0.15, -0.1) is 0 Å². The van der Waals surface area contributed by atoms with Crippen molar-refractivity contribution in [2.75, 3.05) is 125 Å². The Labute approximate surface area is 597 Å². The standard InChI is InChI=1S/C63H113N11O29/c1-38(78)71-51-57(91)54(88)41(31-75)101-60(51)97-25-7-4-13-44(81)65-19-10-22-68-47(84)16-28-94-35-63(74-50(87)34-100-64,36-95-29-17-48(85)69-23-11-20-66-45(82)14-5-8-26-98-61-52(72-39(2)79)58(92)55(89)42(32-76)102-61)37-96-30-18-49(86)70-24-12-21-67-46(83)15-6-9-27-99-62-53(73-40(3)80)59(93)56(90)43(33-77)103-62/h41-43,51-62,75-77,88-93H,4-37,64H2,1-3H3,(H,65,81)(H,66,82)(H,67,83)(H,68,84)(H,69,85)(H,70,86)(H,71,78)(H,72,79)(H,73,80)(H,74,87)/t41?,42?,43?,51?,52?,53?,54-,55-,56-,57?,58?,59?,60+,61+,62+,63?/m0/s1. The second-order valence-corrected chi connectivity index (χ2v) is 25.0. The van der Waals surface area contributed by atoms with Crippen molar-refractivity contribution in [2.24, 2.45) is 5.90 Å². The number of nitrogens with one attached hydrogen (secondary N) is 10. The molecule has 3 aliphatic rings. The molecule has 0 bridgehead atoms. The third-order valence-electron chi connectivity index (χ3n) is 16.2. The molecule has 0 aromatic carbocycles. The maximum absolute atomic E-state index is 13.1. The first-order chi connectivity index (χ1) is 49.3. The highest BCUT2D eigenvalue weighted by Gasteiger charge is 2.48. The van der Waals surface area contributed by atoms with Crippen molar-refractivity contribution in [3.8, 4) is 0 Å². The van der Waals surface area contributed by atoms with Crippen molar-refractivity contribution in [3.63, 3.8) is 0 Å². The Kier molecular flexibility index (Phi) is 46.0. The monoisotopic (exact) mass is 1490 g/mol. The number of carbonyl (C=O) groups excluding carboxylic acids is 10. The molecule has 9 unspecified atom stereocenters. The Bertz CT molecular complexity index is 2280. The molecule has 15 atom stereocenters. The average molecular weight is 1490 g/mol. The van der Waals surface area contributed by atoms with E-state index in [1.54, 1.807) is 0 Å². The fourth-order valence-electron chi connectivity index (χ4n) is 10.7. The smallest absolute Gasteiger partial charge is 0.248 e. The van der Waals surface area contributed by atoms with Gasteiger partial charge in [0.1, 0.15) is 85.2 Å². The van der Waals surface area contributed by atoms with Crippen LogP contribution >= 0.6 is 0 Å². The largest absolute Gasteiger partial charge is 0.394 e. The number of aliphatic hydroxyl groups excluding tert-OH is 9. The summed E-state index contributed by atoms with van der Waals surface area (Å²) in [5.41, 5.74) is -1.50. The van der Waals surface area contributed by atoms with Crippen LogP contribution in [-0.4, -0.2) is 328 Å². The van der Waals surface area contributed by atoms with Crippen LogP contribution in [0.4, 0.5) is 0 Å². The van der Waals surface area contributed by atoms with Gasteiger partial charge in [-0.05, 0) is 57.8 Å². The van der Waals surface area contributed by atoms with Crippen LogP contribution in [0.2, 0.25) is 0 Å². The molecular formula is C63H113N11O29. The fourth-order valence-corrected chi connectivity index (χ4v) is 10.7. The predicted molar refractivity (Wildman–Crippen MR) is 355 cm³/mol. The van der Waals surface area contributed by atoms with Gasteiger partial charge in [0.05, 0.1) is 59.5 Å². The van der Waals surface area contributed by atoms with E-state index in [0.717, 1.165) is 0 Å². The maximum atomic E-state index is 13.1. The van der Waals surface area contributed by atoms with Crippen molar-refractivity contribution in [2.45, 2.75) is 215 Å². The Balaban J connectivity index is 1.44. The first-order valence-electron chi connectivity index (χ1n) is 34.8. The number of amides is 10. The zero-order valence-electron chi connectivity index (χ0n) is 59.0. The van der Waals surface area contributed by atoms with E-state index >= 15 is 0 Å². The van der Waals surface area contributed by atoms with Crippen molar-refractivity contribution < 1.29 is 141 Å². The highest BCUT2D eigenvalue weighted by atomic mass is 16.7. The fraction of sp³-hybridized carbons (Fsp3) is 0.841. The zero-order valence-corrected chi connectivity index (χ0v) is 59.0. The average Bonchev–Trinajstić information content (AvgIpc) is 0.827. The van der Waals surface area contributed by atoms with E-state index < -0.39 is 165 Å². The van der Waals surface area contributed by atoms with E-state index in [9.17, 15) is 93.9 Å². The molecule has 0 radical (unpaired) electrons. The number of hydrogen-bond donors (Lipinski definition) is 20. The number of rotatable bonds is 54. The van der Waals surface area contributed by atoms with Gasteiger partial charge in [0, 0.05) is 118 Å². The minimum atomic E-state index is -1.50. The van der Waals surface area contributed by atoms with Gasteiger partial charge >= 0.3 is 0 Å². The molecule has 3 rings (SSSR count). The number of ether oxygens (including phenoxy) is 9. The van der Waals surface area contributed by atoms with Gasteiger partial charge in [-0.25, -0.2) is 5.90 Å². The molecule has 3 heterocycles. The lowest BCUT2D eigenvalue weighted by Crippen LogP contribution is -2.64. The van der Waals surface area contributed by atoms with Gasteiger partial charge in [-0.3, -0.25) is 52.8 Å². The van der Waals surface area contributed by atoms with Crippen molar-refractivity contribution in [1.29, 1.82) is 0 Å². The summed E-state index contributed by atoms with van der Waals surface area (Å²) in [7, 11) is 0. The summed E-state index contributed by atoms with van der Waals surface area (Å²) in [6, 6.07) is -3.28. The van der Waals surface area contributed by atoms with Crippen molar-refractivity contribution in [3.05, 3.63) is 0 Å². The summed E-state index contributed by atoms with van der Waals surface area (Å²) < 4.78 is 51.4. The minimum Gasteiger partial charge on any atom is -0.394 e. The molecule has 0 saturated carbocycles. The Morgan fingerprint density at radius 3 is 0.864 bits per heavy atom. The third kappa shape index (κ3) is 36.6. The van der Waals surface area contributed by atoms with E-state index in [-0.39, 0.29) is 155 Å².